The minimum atomic E-state index is -0.0588. The van der Waals surface area contributed by atoms with Crippen LogP contribution in [0.1, 0.15) is 23.7 Å². The first kappa shape index (κ1) is 22.7. The molecule has 2 unspecified atom stereocenters. The first-order valence-corrected chi connectivity index (χ1v) is 8.77. The number of halogens is 3. The molecule has 2 aromatic rings. The minimum absolute atomic E-state index is 0. The van der Waals surface area contributed by atoms with Crippen LogP contribution in [0, 0.1) is 5.92 Å². The van der Waals surface area contributed by atoms with Gasteiger partial charge in [0.05, 0.1) is 0 Å². The molecule has 5 nitrogen and oxygen atoms in total. The predicted octanol–water partition coefficient (Wildman–Crippen LogP) is 4.29. The number of amides is 1. The Labute approximate surface area is 174 Å². The highest BCUT2D eigenvalue weighted by atomic mass is 79.9. The van der Waals surface area contributed by atoms with Gasteiger partial charge in [0.1, 0.15) is 11.3 Å². The molecule has 3 rings (SSSR count). The van der Waals surface area contributed by atoms with Crippen molar-refractivity contribution in [3.63, 3.8) is 0 Å². The second-order valence-electron chi connectivity index (χ2n) is 6.06. The quantitative estimate of drug-likeness (QED) is 0.735. The van der Waals surface area contributed by atoms with Crippen molar-refractivity contribution in [1.82, 2.24) is 9.88 Å². The molecular formula is C18H22BrCl2N3O2. The fraction of sp³-hybridized carbons (Fsp3) is 0.333. The Hall–Kier alpha value is -1.34. The summed E-state index contributed by atoms with van der Waals surface area (Å²) >= 11 is 3.41. The number of likely N-dealkylation sites (tertiary alicyclic amines) is 1. The van der Waals surface area contributed by atoms with Crippen molar-refractivity contribution in [3.8, 4) is 11.6 Å². The van der Waals surface area contributed by atoms with Crippen molar-refractivity contribution in [2.75, 3.05) is 13.1 Å². The van der Waals surface area contributed by atoms with Gasteiger partial charge in [0, 0.05) is 23.3 Å². The van der Waals surface area contributed by atoms with Crippen LogP contribution in [0.3, 0.4) is 0 Å². The standard InChI is InChI=1S/C18H20BrN3O2.2ClH/c1-12-8-13(10-20)11-22(12)18(23)16-6-3-7-21-17(16)24-15-5-2-4-14(19)9-15;;/h2-7,9,12-13H,8,10-11,20H2,1H3;2*1H. The topological polar surface area (TPSA) is 68.5 Å². The molecule has 142 valence electrons. The molecule has 1 aliphatic heterocycles. The summed E-state index contributed by atoms with van der Waals surface area (Å²) in [4.78, 5) is 19.1. The smallest absolute Gasteiger partial charge is 0.259 e. The van der Waals surface area contributed by atoms with Crippen molar-refractivity contribution in [1.29, 1.82) is 0 Å². The summed E-state index contributed by atoms with van der Waals surface area (Å²) in [6.07, 6.45) is 2.56. The van der Waals surface area contributed by atoms with E-state index in [0.29, 0.717) is 36.2 Å². The molecule has 1 amide bonds. The van der Waals surface area contributed by atoms with Crippen LogP contribution in [0.25, 0.3) is 0 Å². The maximum Gasteiger partial charge on any atom is 0.259 e. The lowest BCUT2D eigenvalue weighted by Gasteiger charge is -2.22. The highest BCUT2D eigenvalue weighted by molar-refractivity contribution is 9.10. The van der Waals surface area contributed by atoms with Crippen LogP contribution < -0.4 is 10.5 Å². The highest BCUT2D eigenvalue weighted by Gasteiger charge is 2.33. The van der Waals surface area contributed by atoms with E-state index < -0.39 is 0 Å². The van der Waals surface area contributed by atoms with Crippen molar-refractivity contribution in [3.05, 3.63) is 52.6 Å². The Morgan fingerprint density at radius 2 is 2.12 bits per heavy atom. The van der Waals surface area contributed by atoms with Gasteiger partial charge in [0.25, 0.3) is 5.91 Å². The molecule has 0 bridgehead atoms. The normalized spacial score (nSPS) is 18.7. The number of ether oxygens (including phenoxy) is 1. The summed E-state index contributed by atoms with van der Waals surface area (Å²) in [5.74, 6) is 1.25. The van der Waals surface area contributed by atoms with Crippen LogP contribution in [-0.4, -0.2) is 34.9 Å². The van der Waals surface area contributed by atoms with Gasteiger partial charge in [-0.25, -0.2) is 4.98 Å². The van der Waals surface area contributed by atoms with Gasteiger partial charge in [0.15, 0.2) is 0 Å². The number of rotatable bonds is 4. The van der Waals surface area contributed by atoms with Gasteiger partial charge in [-0.2, -0.15) is 0 Å². The first-order chi connectivity index (χ1) is 11.6. The first-order valence-electron chi connectivity index (χ1n) is 7.98. The van der Waals surface area contributed by atoms with Gasteiger partial charge in [-0.1, -0.05) is 22.0 Å². The third-order valence-electron chi connectivity index (χ3n) is 4.27. The molecule has 0 radical (unpaired) electrons. The zero-order chi connectivity index (χ0) is 17.1. The Morgan fingerprint density at radius 3 is 2.77 bits per heavy atom. The summed E-state index contributed by atoms with van der Waals surface area (Å²) in [5, 5.41) is 0. The molecule has 2 N–H and O–H groups in total. The van der Waals surface area contributed by atoms with E-state index in [2.05, 4.69) is 27.8 Å². The molecule has 1 fully saturated rings. The number of benzene rings is 1. The number of nitrogens with zero attached hydrogens (tertiary/aromatic N) is 2. The van der Waals surface area contributed by atoms with Crippen LogP contribution in [0.15, 0.2) is 47.1 Å². The van der Waals surface area contributed by atoms with E-state index >= 15 is 0 Å². The van der Waals surface area contributed by atoms with E-state index in [0.717, 1.165) is 10.9 Å². The Kier molecular flexibility index (Phi) is 8.83. The van der Waals surface area contributed by atoms with E-state index in [1.165, 1.54) is 0 Å². The minimum Gasteiger partial charge on any atom is -0.438 e. The van der Waals surface area contributed by atoms with Crippen LogP contribution in [0.2, 0.25) is 0 Å². The molecule has 26 heavy (non-hydrogen) atoms. The molecule has 2 atom stereocenters. The second kappa shape index (κ2) is 10.1. The Balaban J connectivity index is 0.00000169. The number of aromatic nitrogens is 1. The number of nitrogens with two attached hydrogens (primary N) is 1. The Morgan fingerprint density at radius 1 is 1.35 bits per heavy atom. The number of carbonyl (C=O) groups excluding carboxylic acids is 1. The third-order valence-corrected chi connectivity index (χ3v) is 4.76. The average molecular weight is 463 g/mol. The van der Waals surface area contributed by atoms with E-state index in [9.17, 15) is 4.79 Å². The summed E-state index contributed by atoms with van der Waals surface area (Å²) in [5.41, 5.74) is 6.24. The number of hydrogen-bond donors (Lipinski definition) is 1. The van der Waals surface area contributed by atoms with Gasteiger partial charge < -0.3 is 15.4 Å². The van der Waals surface area contributed by atoms with E-state index in [1.807, 2.05) is 29.2 Å². The van der Waals surface area contributed by atoms with Gasteiger partial charge >= 0.3 is 0 Å². The van der Waals surface area contributed by atoms with Crippen molar-refractivity contribution in [2.24, 2.45) is 11.7 Å². The lowest BCUT2D eigenvalue weighted by molar-refractivity contribution is 0.0740. The molecule has 0 aliphatic carbocycles. The van der Waals surface area contributed by atoms with Gasteiger partial charge in [-0.3, -0.25) is 4.79 Å². The summed E-state index contributed by atoms with van der Waals surface area (Å²) in [6, 6.07) is 11.1. The zero-order valence-corrected chi connectivity index (χ0v) is 17.5. The molecule has 1 aromatic carbocycles. The van der Waals surface area contributed by atoms with Gasteiger partial charge in [0.2, 0.25) is 5.88 Å². The fourth-order valence-electron chi connectivity index (χ4n) is 3.03. The molecule has 1 aliphatic rings. The third kappa shape index (κ3) is 5.10. The summed E-state index contributed by atoms with van der Waals surface area (Å²) < 4.78 is 6.75. The van der Waals surface area contributed by atoms with Crippen molar-refractivity contribution in [2.45, 2.75) is 19.4 Å². The van der Waals surface area contributed by atoms with Crippen molar-refractivity contribution >= 4 is 46.7 Å². The number of hydrogen-bond acceptors (Lipinski definition) is 4. The van der Waals surface area contributed by atoms with Crippen LogP contribution in [-0.2, 0) is 0 Å². The zero-order valence-electron chi connectivity index (χ0n) is 14.3. The maximum absolute atomic E-state index is 13.0. The van der Waals surface area contributed by atoms with Gasteiger partial charge in [-0.05, 0) is 56.1 Å². The fourth-order valence-corrected chi connectivity index (χ4v) is 3.41. The molecule has 1 aromatic heterocycles. The van der Waals surface area contributed by atoms with Crippen LogP contribution in [0.5, 0.6) is 11.6 Å². The van der Waals surface area contributed by atoms with Gasteiger partial charge in [-0.15, -0.1) is 24.8 Å². The van der Waals surface area contributed by atoms with E-state index in [4.69, 9.17) is 10.5 Å². The molecule has 8 heteroatoms. The highest BCUT2D eigenvalue weighted by Crippen LogP contribution is 2.29. The van der Waals surface area contributed by atoms with Crippen LogP contribution in [0.4, 0.5) is 0 Å². The predicted molar refractivity (Wildman–Crippen MR) is 111 cm³/mol. The Bertz CT molecular complexity index is 748. The molecule has 0 saturated carbocycles. The van der Waals surface area contributed by atoms with E-state index in [1.54, 1.807) is 18.3 Å². The SMILES string of the molecule is CC1CC(CN)CN1C(=O)c1cccnc1Oc1cccc(Br)c1.Cl.Cl. The maximum atomic E-state index is 13.0. The molecule has 1 saturated heterocycles. The van der Waals surface area contributed by atoms with Crippen molar-refractivity contribution < 1.29 is 9.53 Å². The largest absolute Gasteiger partial charge is 0.438 e. The molecule has 0 spiro atoms. The van der Waals surface area contributed by atoms with E-state index in [-0.39, 0.29) is 36.8 Å². The number of pyridine rings is 1. The molecular weight excluding hydrogens is 441 g/mol. The van der Waals surface area contributed by atoms with Crippen LogP contribution >= 0.6 is 40.7 Å². The average Bonchev–Trinajstić information content (AvgIpc) is 2.96. The second-order valence-corrected chi connectivity index (χ2v) is 6.98. The lowest BCUT2D eigenvalue weighted by Crippen LogP contribution is -2.34. The number of carbonyl (C=O) groups is 1. The molecule has 2 heterocycles. The lowest BCUT2D eigenvalue weighted by atomic mass is 10.1. The summed E-state index contributed by atoms with van der Waals surface area (Å²) in [6.45, 7) is 3.34. The summed E-state index contributed by atoms with van der Waals surface area (Å²) in [7, 11) is 0. The monoisotopic (exact) mass is 461 g/mol.